The highest BCUT2D eigenvalue weighted by molar-refractivity contribution is 5.73. The molecule has 2 amide bonds. The van der Waals surface area contributed by atoms with Gasteiger partial charge in [0.15, 0.2) is 0 Å². The first-order valence-electron chi connectivity index (χ1n) is 10.9. The number of carbonyl (C=O) groups is 2. The molecule has 0 unspecified atom stereocenters. The molecular weight excluding hydrogens is 384 g/mol. The normalized spacial score (nSPS) is 26.6. The lowest BCUT2D eigenvalue weighted by molar-refractivity contribution is -0.0720. The standard InChI is InChI=1S/C22H42N4O4/c1-19(2)11-15(12-20(3,4)25(19)9)29-17(27)23-24-18(28)30-16-13-21(5,6)26(10)22(7,8)14-16/h15-16H,11-14H2,1-10H3,(H,23,27)(H,24,28). The fraction of sp³-hybridized carbons (Fsp3) is 0.909. The van der Waals surface area contributed by atoms with Gasteiger partial charge < -0.3 is 9.47 Å². The zero-order chi connectivity index (χ0) is 23.1. The minimum Gasteiger partial charge on any atom is -0.445 e. The van der Waals surface area contributed by atoms with Crippen LogP contribution in [0.2, 0.25) is 0 Å². The molecular formula is C22H42N4O4. The van der Waals surface area contributed by atoms with Crippen LogP contribution in [-0.2, 0) is 9.47 Å². The molecule has 0 aromatic carbocycles. The molecule has 2 fully saturated rings. The predicted octanol–water partition coefficient (Wildman–Crippen LogP) is 3.66. The molecule has 30 heavy (non-hydrogen) atoms. The molecule has 2 aliphatic rings. The van der Waals surface area contributed by atoms with E-state index in [1.165, 1.54) is 0 Å². The number of nitrogens with zero attached hydrogens (tertiary/aromatic N) is 2. The van der Waals surface area contributed by atoms with E-state index in [0.29, 0.717) is 0 Å². The Bertz CT molecular complexity index is 568. The fourth-order valence-electron chi connectivity index (χ4n) is 5.19. The number of likely N-dealkylation sites (tertiary alicyclic amines) is 2. The number of amides is 2. The van der Waals surface area contributed by atoms with Crippen LogP contribution in [0.4, 0.5) is 9.59 Å². The van der Waals surface area contributed by atoms with Crippen LogP contribution in [-0.4, -0.2) is 70.4 Å². The van der Waals surface area contributed by atoms with Crippen molar-refractivity contribution >= 4 is 12.2 Å². The summed E-state index contributed by atoms with van der Waals surface area (Å²) < 4.78 is 11.2. The van der Waals surface area contributed by atoms with E-state index in [4.69, 9.17) is 9.47 Å². The van der Waals surface area contributed by atoms with Crippen LogP contribution in [0.25, 0.3) is 0 Å². The van der Waals surface area contributed by atoms with Crippen LogP contribution in [0.5, 0.6) is 0 Å². The van der Waals surface area contributed by atoms with E-state index in [1.54, 1.807) is 0 Å². The summed E-state index contributed by atoms with van der Waals surface area (Å²) in [7, 11) is 4.19. The summed E-state index contributed by atoms with van der Waals surface area (Å²) in [6.45, 7) is 17.1. The second kappa shape index (κ2) is 8.19. The van der Waals surface area contributed by atoms with Crippen molar-refractivity contribution in [3.8, 4) is 0 Å². The average molecular weight is 427 g/mol. The second-order valence-electron chi connectivity index (χ2n) is 11.5. The third kappa shape index (κ3) is 5.58. The van der Waals surface area contributed by atoms with E-state index in [0.717, 1.165) is 25.7 Å². The van der Waals surface area contributed by atoms with Crippen molar-refractivity contribution in [2.75, 3.05) is 14.1 Å². The first-order valence-corrected chi connectivity index (χ1v) is 10.9. The van der Waals surface area contributed by atoms with Gasteiger partial charge in [0.25, 0.3) is 0 Å². The Morgan fingerprint density at radius 2 is 0.867 bits per heavy atom. The number of ether oxygens (including phenoxy) is 2. The highest BCUT2D eigenvalue weighted by Crippen LogP contribution is 2.39. The Hall–Kier alpha value is -1.54. The molecule has 8 nitrogen and oxygen atoms in total. The lowest BCUT2D eigenvalue weighted by Crippen LogP contribution is -2.61. The van der Waals surface area contributed by atoms with Gasteiger partial charge in [-0.3, -0.25) is 9.80 Å². The van der Waals surface area contributed by atoms with Crippen LogP contribution in [0.1, 0.15) is 81.1 Å². The molecule has 0 saturated carbocycles. The Kier molecular flexibility index (Phi) is 6.75. The van der Waals surface area contributed by atoms with Gasteiger partial charge in [0.2, 0.25) is 0 Å². The predicted molar refractivity (Wildman–Crippen MR) is 117 cm³/mol. The summed E-state index contributed by atoms with van der Waals surface area (Å²) in [4.78, 5) is 29.1. The van der Waals surface area contributed by atoms with E-state index < -0.39 is 12.2 Å². The zero-order valence-corrected chi connectivity index (χ0v) is 20.5. The van der Waals surface area contributed by atoms with E-state index in [2.05, 4.69) is 90.1 Å². The van der Waals surface area contributed by atoms with Crippen molar-refractivity contribution in [2.45, 2.75) is 115 Å². The number of rotatable bonds is 2. The molecule has 0 aliphatic carbocycles. The molecule has 2 saturated heterocycles. The van der Waals surface area contributed by atoms with Crippen molar-refractivity contribution in [2.24, 2.45) is 0 Å². The van der Waals surface area contributed by atoms with Crippen molar-refractivity contribution in [1.82, 2.24) is 20.7 Å². The number of nitrogens with one attached hydrogen (secondary N) is 2. The molecule has 0 atom stereocenters. The number of hydrogen-bond acceptors (Lipinski definition) is 6. The van der Waals surface area contributed by atoms with Gasteiger partial charge in [0.1, 0.15) is 12.2 Å². The van der Waals surface area contributed by atoms with Crippen LogP contribution in [0.15, 0.2) is 0 Å². The maximum absolute atomic E-state index is 12.2. The number of carbonyl (C=O) groups excluding carboxylic acids is 2. The maximum Gasteiger partial charge on any atom is 0.426 e. The smallest absolute Gasteiger partial charge is 0.426 e. The Balaban J connectivity index is 1.83. The SMILES string of the molecule is CN1C(C)(C)CC(OC(=O)NNC(=O)OC2CC(C)(C)N(C)C(C)(C)C2)CC1(C)C. The molecule has 0 radical (unpaired) electrons. The van der Waals surface area contributed by atoms with E-state index in [9.17, 15) is 9.59 Å². The van der Waals surface area contributed by atoms with Crippen molar-refractivity contribution in [1.29, 1.82) is 0 Å². The fourth-order valence-corrected chi connectivity index (χ4v) is 5.19. The van der Waals surface area contributed by atoms with Crippen molar-refractivity contribution in [3.05, 3.63) is 0 Å². The number of piperidine rings is 2. The van der Waals surface area contributed by atoms with Gasteiger partial charge in [0.05, 0.1) is 0 Å². The third-order valence-corrected chi connectivity index (χ3v) is 7.35. The summed E-state index contributed by atoms with van der Waals surface area (Å²) in [5, 5.41) is 0. The molecule has 0 aromatic heterocycles. The van der Waals surface area contributed by atoms with Gasteiger partial charge >= 0.3 is 12.2 Å². The molecule has 2 rings (SSSR count). The topological polar surface area (TPSA) is 83.1 Å². The average Bonchev–Trinajstić information content (AvgIpc) is 2.54. The van der Waals surface area contributed by atoms with E-state index in [-0.39, 0.29) is 34.4 Å². The van der Waals surface area contributed by atoms with Gasteiger partial charge in [-0.05, 0) is 69.5 Å². The summed E-state index contributed by atoms with van der Waals surface area (Å²) in [6.07, 6.45) is 1.12. The van der Waals surface area contributed by atoms with Gasteiger partial charge in [-0.1, -0.05) is 0 Å². The molecule has 0 aromatic rings. The molecule has 2 heterocycles. The molecule has 174 valence electrons. The maximum atomic E-state index is 12.2. The first kappa shape index (κ1) is 24.7. The highest BCUT2D eigenvalue weighted by atomic mass is 16.6. The van der Waals surface area contributed by atoms with E-state index >= 15 is 0 Å². The summed E-state index contributed by atoms with van der Waals surface area (Å²) in [5.74, 6) is 0. The molecule has 0 bridgehead atoms. The lowest BCUT2D eigenvalue weighted by atomic mass is 9.79. The second-order valence-corrected chi connectivity index (χ2v) is 11.5. The number of hydrogen-bond donors (Lipinski definition) is 2. The van der Waals surface area contributed by atoms with Crippen LogP contribution < -0.4 is 10.9 Å². The molecule has 2 N–H and O–H groups in total. The Morgan fingerprint density at radius 3 is 1.10 bits per heavy atom. The Labute approximate surface area is 182 Å². The molecule has 0 spiro atoms. The van der Waals surface area contributed by atoms with Crippen molar-refractivity contribution < 1.29 is 19.1 Å². The van der Waals surface area contributed by atoms with Crippen LogP contribution in [0.3, 0.4) is 0 Å². The molecule has 8 heteroatoms. The quantitative estimate of drug-likeness (QED) is 0.656. The van der Waals surface area contributed by atoms with Gasteiger partial charge in [-0.15, -0.1) is 0 Å². The Morgan fingerprint density at radius 1 is 0.633 bits per heavy atom. The van der Waals surface area contributed by atoms with E-state index in [1.807, 2.05) is 0 Å². The summed E-state index contributed by atoms with van der Waals surface area (Å²) in [6, 6.07) is 0. The minimum atomic E-state index is -0.669. The van der Waals surface area contributed by atoms with Gasteiger partial charge in [-0.2, -0.15) is 0 Å². The van der Waals surface area contributed by atoms with Crippen LogP contribution in [0, 0.1) is 0 Å². The first-order chi connectivity index (χ1) is 13.5. The molecule has 2 aliphatic heterocycles. The summed E-state index contributed by atoms with van der Waals surface area (Å²) >= 11 is 0. The van der Waals surface area contributed by atoms with Gasteiger partial charge in [-0.25, -0.2) is 20.4 Å². The largest absolute Gasteiger partial charge is 0.445 e. The minimum absolute atomic E-state index is 0.0905. The van der Waals surface area contributed by atoms with Crippen LogP contribution >= 0.6 is 0 Å². The zero-order valence-electron chi connectivity index (χ0n) is 20.5. The highest BCUT2D eigenvalue weighted by Gasteiger charge is 2.45. The number of hydrazine groups is 1. The van der Waals surface area contributed by atoms with Gasteiger partial charge in [0, 0.05) is 47.8 Å². The van der Waals surface area contributed by atoms with Crippen molar-refractivity contribution in [3.63, 3.8) is 0 Å². The monoisotopic (exact) mass is 426 g/mol. The summed E-state index contributed by atoms with van der Waals surface area (Å²) in [5.41, 5.74) is 4.29. The third-order valence-electron chi connectivity index (χ3n) is 7.35. The lowest BCUT2D eigenvalue weighted by Gasteiger charge is -2.53.